The molecule has 0 amide bonds. The highest BCUT2D eigenvalue weighted by molar-refractivity contribution is 4.93. The van der Waals surface area contributed by atoms with Crippen molar-refractivity contribution < 1.29 is 0 Å². The Balaban J connectivity index is 2.44. The molecule has 0 aromatic rings. The van der Waals surface area contributed by atoms with Crippen molar-refractivity contribution in [3.05, 3.63) is 0 Å². The fourth-order valence-corrected chi connectivity index (χ4v) is 3.98. The molecule has 0 aromatic carbocycles. The summed E-state index contributed by atoms with van der Waals surface area (Å²) in [4.78, 5) is 2.78. The lowest BCUT2D eigenvalue weighted by atomic mass is 9.87. The van der Waals surface area contributed by atoms with Crippen molar-refractivity contribution in [2.45, 2.75) is 103 Å². The molecule has 0 bridgehead atoms. The quantitative estimate of drug-likeness (QED) is 0.424. The van der Waals surface area contributed by atoms with Crippen LogP contribution in [0.4, 0.5) is 0 Å². The van der Waals surface area contributed by atoms with Crippen LogP contribution in [-0.4, -0.2) is 30.1 Å². The van der Waals surface area contributed by atoms with Crippen molar-refractivity contribution in [3.8, 4) is 0 Å². The van der Waals surface area contributed by atoms with E-state index in [9.17, 15) is 0 Å². The highest BCUT2D eigenvalue weighted by Gasteiger charge is 2.34. The average molecular weight is 297 g/mol. The molecule has 0 radical (unpaired) electrons. The van der Waals surface area contributed by atoms with Crippen LogP contribution >= 0.6 is 0 Å². The molecule has 2 nitrogen and oxygen atoms in total. The van der Waals surface area contributed by atoms with Gasteiger partial charge in [-0.2, -0.15) is 0 Å². The molecule has 0 aromatic heterocycles. The van der Waals surface area contributed by atoms with Gasteiger partial charge in [0.1, 0.15) is 0 Å². The summed E-state index contributed by atoms with van der Waals surface area (Å²) >= 11 is 0. The molecule has 0 heterocycles. The van der Waals surface area contributed by atoms with E-state index in [2.05, 4.69) is 18.7 Å². The molecule has 2 heteroatoms. The summed E-state index contributed by atoms with van der Waals surface area (Å²) in [5.74, 6) is 0. The van der Waals surface area contributed by atoms with Gasteiger partial charge in [-0.3, -0.25) is 4.90 Å². The number of nitrogens with zero attached hydrogens (tertiary/aromatic N) is 1. The predicted molar refractivity (Wildman–Crippen MR) is 94.7 cm³/mol. The Bertz CT molecular complexity index is 232. The molecule has 1 aliphatic carbocycles. The Morgan fingerprint density at radius 1 is 0.762 bits per heavy atom. The molecule has 2 N–H and O–H groups in total. The van der Waals surface area contributed by atoms with Crippen molar-refractivity contribution in [3.63, 3.8) is 0 Å². The first kappa shape index (κ1) is 19.0. The molecule has 0 aliphatic heterocycles. The molecular weight excluding hydrogens is 256 g/mol. The first-order chi connectivity index (χ1) is 10.3. The Morgan fingerprint density at radius 3 is 1.95 bits per heavy atom. The molecule has 0 atom stereocenters. The summed E-state index contributed by atoms with van der Waals surface area (Å²) in [6.07, 6.45) is 17.9. The van der Waals surface area contributed by atoms with Gasteiger partial charge in [0.05, 0.1) is 0 Å². The molecule has 0 spiro atoms. The monoisotopic (exact) mass is 296 g/mol. The van der Waals surface area contributed by atoms with Crippen molar-refractivity contribution >= 4 is 0 Å². The van der Waals surface area contributed by atoms with E-state index in [1.807, 2.05) is 0 Å². The molecule has 126 valence electrons. The minimum Gasteiger partial charge on any atom is -0.329 e. The average Bonchev–Trinajstić information content (AvgIpc) is 2.76. The van der Waals surface area contributed by atoms with E-state index >= 15 is 0 Å². The third kappa shape index (κ3) is 6.69. The summed E-state index contributed by atoms with van der Waals surface area (Å²) in [6.45, 7) is 7.99. The van der Waals surface area contributed by atoms with Crippen LogP contribution in [0.5, 0.6) is 0 Å². The maximum Gasteiger partial charge on any atom is 0.0331 e. The van der Waals surface area contributed by atoms with Gasteiger partial charge in [0.2, 0.25) is 0 Å². The summed E-state index contributed by atoms with van der Waals surface area (Å²) in [5, 5.41) is 0. The van der Waals surface area contributed by atoms with Gasteiger partial charge < -0.3 is 5.73 Å². The zero-order valence-electron chi connectivity index (χ0n) is 14.8. The topological polar surface area (TPSA) is 29.3 Å². The van der Waals surface area contributed by atoms with Crippen LogP contribution < -0.4 is 5.73 Å². The molecule has 1 aliphatic rings. The fourth-order valence-electron chi connectivity index (χ4n) is 3.98. The lowest BCUT2D eigenvalue weighted by molar-refractivity contribution is 0.0754. The highest BCUT2D eigenvalue weighted by Crippen LogP contribution is 2.32. The minimum atomic E-state index is 0.329. The summed E-state index contributed by atoms with van der Waals surface area (Å²) < 4.78 is 0. The second kappa shape index (κ2) is 11.5. The summed E-state index contributed by atoms with van der Waals surface area (Å²) in [7, 11) is 0. The molecule has 21 heavy (non-hydrogen) atoms. The lowest BCUT2D eigenvalue weighted by Crippen LogP contribution is -2.54. The molecule has 0 saturated heterocycles. The lowest BCUT2D eigenvalue weighted by Gasteiger charge is -2.43. The Morgan fingerprint density at radius 2 is 1.38 bits per heavy atom. The van der Waals surface area contributed by atoms with Crippen LogP contribution in [0.2, 0.25) is 0 Å². The van der Waals surface area contributed by atoms with E-state index in [1.165, 1.54) is 96.6 Å². The van der Waals surface area contributed by atoms with Crippen molar-refractivity contribution in [2.24, 2.45) is 5.73 Å². The van der Waals surface area contributed by atoms with Gasteiger partial charge >= 0.3 is 0 Å². The van der Waals surface area contributed by atoms with Crippen molar-refractivity contribution in [1.29, 1.82) is 0 Å². The summed E-state index contributed by atoms with van der Waals surface area (Å²) in [5.41, 5.74) is 6.60. The maximum atomic E-state index is 6.27. The first-order valence-corrected chi connectivity index (χ1v) is 9.74. The number of rotatable bonds is 11. The zero-order valence-corrected chi connectivity index (χ0v) is 14.8. The predicted octanol–water partition coefficient (Wildman–Crippen LogP) is 5.11. The van der Waals surface area contributed by atoms with Gasteiger partial charge in [-0.25, -0.2) is 0 Å². The van der Waals surface area contributed by atoms with Crippen LogP contribution in [0, 0.1) is 0 Å². The summed E-state index contributed by atoms with van der Waals surface area (Å²) in [6, 6.07) is 0. The van der Waals surface area contributed by atoms with Crippen LogP contribution in [0.1, 0.15) is 97.3 Å². The standard InChI is InChI=1S/C19H40N2/c1-3-5-6-7-10-13-17-21(16-4-2)19(18-20)14-11-8-9-12-15-19/h3-18,20H2,1-2H3. The van der Waals surface area contributed by atoms with E-state index in [1.54, 1.807) is 0 Å². The molecule has 0 unspecified atom stereocenters. The normalized spacial score (nSPS) is 18.9. The van der Waals surface area contributed by atoms with Gasteiger partial charge in [0, 0.05) is 12.1 Å². The van der Waals surface area contributed by atoms with Crippen LogP contribution in [0.25, 0.3) is 0 Å². The molecule has 1 saturated carbocycles. The van der Waals surface area contributed by atoms with E-state index in [4.69, 9.17) is 5.73 Å². The fraction of sp³-hybridized carbons (Fsp3) is 1.00. The third-order valence-corrected chi connectivity index (χ3v) is 5.36. The van der Waals surface area contributed by atoms with Crippen molar-refractivity contribution in [2.75, 3.05) is 19.6 Å². The molecular formula is C19H40N2. The van der Waals surface area contributed by atoms with E-state index in [0.29, 0.717) is 5.54 Å². The second-order valence-corrected chi connectivity index (χ2v) is 7.10. The Hall–Kier alpha value is -0.0800. The molecule has 1 fully saturated rings. The van der Waals surface area contributed by atoms with Gasteiger partial charge in [-0.15, -0.1) is 0 Å². The number of nitrogens with two attached hydrogens (primary N) is 1. The minimum absolute atomic E-state index is 0.329. The van der Waals surface area contributed by atoms with Gasteiger partial charge in [0.25, 0.3) is 0 Å². The van der Waals surface area contributed by atoms with Crippen LogP contribution in [-0.2, 0) is 0 Å². The van der Waals surface area contributed by atoms with Gasteiger partial charge in [0.15, 0.2) is 0 Å². The van der Waals surface area contributed by atoms with Gasteiger partial charge in [-0.05, 0) is 38.8 Å². The van der Waals surface area contributed by atoms with Crippen LogP contribution in [0.3, 0.4) is 0 Å². The Kier molecular flexibility index (Phi) is 10.4. The largest absolute Gasteiger partial charge is 0.329 e. The number of hydrogen-bond acceptors (Lipinski definition) is 2. The van der Waals surface area contributed by atoms with Crippen molar-refractivity contribution in [1.82, 2.24) is 4.90 Å². The SMILES string of the molecule is CCCCCCCCN(CCC)C1(CN)CCCCCC1. The van der Waals surface area contributed by atoms with E-state index in [0.717, 1.165) is 6.54 Å². The van der Waals surface area contributed by atoms with Crippen LogP contribution in [0.15, 0.2) is 0 Å². The number of unbranched alkanes of at least 4 members (excludes halogenated alkanes) is 5. The third-order valence-electron chi connectivity index (χ3n) is 5.36. The second-order valence-electron chi connectivity index (χ2n) is 7.10. The smallest absolute Gasteiger partial charge is 0.0331 e. The first-order valence-electron chi connectivity index (χ1n) is 9.74. The zero-order chi connectivity index (χ0) is 15.4. The number of hydrogen-bond donors (Lipinski definition) is 1. The highest BCUT2D eigenvalue weighted by atomic mass is 15.2. The van der Waals surface area contributed by atoms with E-state index < -0.39 is 0 Å². The van der Waals surface area contributed by atoms with Gasteiger partial charge in [-0.1, -0.05) is 71.6 Å². The van der Waals surface area contributed by atoms with E-state index in [-0.39, 0.29) is 0 Å². The Labute approximate surface area is 133 Å². The molecule has 1 rings (SSSR count). The maximum absolute atomic E-state index is 6.27.